The van der Waals surface area contributed by atoms with Gasteiger partial charge in [-0.1, -0.05) is 24.6 Å². The van der Waals surface area contributed by atoms with Gasteiger partial charge in [0.2, 0.25) is 0 Å². The molecule has 0 bridgehead atoms. The SMILES string of the molecule is CCc1cc(COc2c(N)cccc2Cl)n(C)n1. The third-order valence-electron chi connectivity index (χ3n) is 2.75. The summed E-state index contributed by atoms with van der Waals surface area (Å²) in [4.78, 5) is 0. The molecule has 0 aliphatic rings. The van der Waals surface area contributed by atoms with Crippen molar-refractivity contribution < 1.29 is 4.74 Å². The third-order valence-corrected chi connectivity index (χ3v) is 3.05. The fourth-order valence-electron chi connectivity index (χ4n) is 1.70. The number of para-hydroxylation sites is 1. The molecule has 0 saturated carbocycles. The number of anilines is 1. The van der Waals surface area contributed by atoms with Crippen LogP contribution in [-0.2, 0) is 20.1 Å². The van der Waals surface area contributed by atoms with Crippen LogP contribution in [0.5, 0.6) is 5.75 Å². The molecule has 0 spiro atoms. The first kappa shape index (κ1) is 12.8. The van der Waals surface area contributed by atoms with Crippen LogP contribution < -0.4 is 10.5 Å². The van der Waals surface area contributed by atoms with E-state index in [2.05, 4.69) is 12.0 Å². The van der Waals surface area contributed by atoms with Gasteiger partial charge in [0.25, 0.3) is 0 Å². The van der Waals surface area contributed by atoms with Crippen molar-refractivity contribution in [2.45, 2.75) is 20.0 Å². The van der Waals surface area contributed by atoms with Gasteiger partial charge in [-0.25, -0.2) is 0 Å². The highest BCUT2D eigenvalue weighted by Crippen LogP contribution is 2.31. The summed E-state index contributed by atoms with van der Waals surface area (Å²) >= 11 is 6.04. The molecule has 0 fully saturated rings. The van der Waals surface area contributed by atoms with Crippen LogP contribution in [0.1, 0.15) is 18.3 Å². The summed E-state index contributed by atoms with van der Waals surface area (Å²) in [6, 6.07) is 7.34. The number of aryl methyl sites for hydroxylation is 2. The first-order chi connectivity index (χ1) is 8.61. The Labute approximate surface area is 111 Å². The van der Waals surface area contributed by atoms with E-state index < -0.39 is 0 Å². The molecule has 96 valence electrons. The molecule has 0 aliphatic carbocycles. The Balaban J connectivity index is 2.14. The third kappa shape index (κ3) is 2.59. The van der Waals surface area contributed by atoms with Crippen LogP contribution in [-0.4, -0.2) is 9.78 Å². The molecule has 1 aromatic carbocycles. The lowest BCUT2D eigenvalue weighted by atomic mass is 10.3. The summed E-state index contributed by atoms with van der Waals surface area (Å²) in [6.45, 7) is 2.47. The molecular weight excluding hydrogens is 250 g/mol. The molecule has 2 rings (SSSR count). The maximum atomic E-state index is 6.04. The highest BCUT2D eigenvalue weighted by molar-refractivity contribution is 6.32. The monoisotopic (exact) mass is 265 g/mol. The van der Waals surface area contributed by atoms with Crippen LogP contribution in [0.3, 0.4) is 0 Å². The zero-order valence-corrected chi connectivity index (χ0v) is 11.2. The van der Waals surface area contributed by atoms with Crippen molar-refractivity contribution in [2.24, 2.45) is 7.05 Å². The highest BCUT2D eigenvalue weighted by atomic mass is 35.5. The molecule has 4 nitrogen and oxygen atoms in total. The zero-order valence-electron chi connectivity index (χ0n) is 10.5. The average molecular weight is 266 g/mol. The van der Waals surface area contributed by atoms with Crippen LogP contribution in [0.15, 0.2) is 24.3 Å². The minimum absolute atomic E-state index is 0.400. The number of nitrogens with two attached hydrogens (primary N) is 1. The molecule has 2 N–H and O–H groups in total. The number of ether oxygens (including phenoxy) is 1. The van der Waals surface area contributed by atoms with E-state index in [0.717, 1.165) is 17.8 Å². The number of halogens is 1. The van der Waals surface area contributed by atoms with Crippen LogP contribution in [0.2, 0.25) is 5.02 Å². The average Bonchev–Trinajstić information content (AvgIpc) is 2.70. The van der Waals surface area contributed by atoms with E-state index in [9.17, 15) is 0 Å². The van der Waals surface area contributed by atoms with Gasteiger partial charge in [0.15, 0.2) is 5.75 Å². The van der Waals surface area contributed by atoms with Crippen molar-refractivity contribution in [2.75, 3.05) is 5.73 Å². The summed E-state index contributed by atoms with van der Waals surface area (Å²) in [5.41, 5.74) is 8.40. The molecule has 0 amide bonds. The van der Waals surface area contributed by atoms with E-state index in [4.69, 9.17) is 22.1 Å². The van der Waals surface area contributed by atoms with Gasteiger partial charge in [-0.15, -0.1) is 0 Å². The summed E-state index contributed by atoms with van der Waals surface area (Å²) < 4.78 is 7.49. The standard InChI is InChI=1S/C13H16ClN3O/c1-3-9-7-10(17(2)16-9)8-18-13-11(14)5-4-6-12(13)15/h4-7H,3,8,15H2,1-2H3. The molecule has 1 heterocycles. The van der Waals surface area contributed by atoms with Crippen LogP contribution in [0, 0.1) is 0 Å². The Bertz CT molecular complexity index is 531. The smallest absolute Gasteiger partial charge is 0.161 e. The Morgan fingerprint density at radius 3 is 2.83 bits per heavy atom. The van der Waals surface area contributed by atoms with Crippen molar-refractivity contribution in [3.63, 3.8) is 0 Å². The minimum atomic E-state index is 0.400. The van der Waals surface area contributed by atoms with Gasteiger partial charge in [-0.05, 0) is 24.6 Å². The second kappa shape index (κ2) is 5.31. The van der Waals surface area contributed by atoms with E-state index >= 15 is 0 Å². The number of aromatic nitrogens is 2. The van der Waals surface area contributed by atoms with Gasteiger partial charge in [0.05, 0.1) is 22.1 Å². The van der Waals surface area contributed by atoms with Crippen LogP contribution in [0.25, 0.3) is 0 Å². The lowest BCUT2D eigenvalue weighted by Gasteiger charge is -2.10. The predicted molar refractivity (Wildman–Crippen MR) is 72.8 cm³/mol. The number of benzene rings is 1. The quantitative estimate of drug-likeness (QED) is 0.865. The molecule has 18 heavy (non-hydrogen) atoms. The second-order valence-corrected chi connectivity index (χ2v) is 4.46. The summed E-state index contributed by atoms with van der Waals surface area (Å²) in [6.07, 6.45) is 0.905. The lowest BCUT2D eigenvalue weighted by Crippen LogP contribution is -2.04. The fourth-order valence-corrected chi connectivity index (χ4v) is 1.94. The Hall–Kier alpha value is -1.68. The zero-order chi connectivity index (χ0) is 13.1. The normalized spacial score (nSPS) is 10.6. The van der Waals surface area contributed by atoms with E-state index in [-0.39, 0.29) is 0 Å². The summed E-state index contributed by atoms with van der Waals surface area (Å²) in [5.74, 6) is 0.526. The van der Waals surface area contributed by atoms with E-state index in [0.29, 0.717) is 23.1 Å². The molecule has 1 aromatic heterocycles. The highest BCUT2D eigenvalue weighted by Gasteiger charge is 2.08. The van der Waals surface area contributed by atoms with Crippen LogP contribution in [0.4, 0.5) is 5.69 Å². The van der Waals surface area contributed by atoms with Gasteiger partial charge in [0, 0.05) is 7.05 Å². The number of nitrogen functional groups attached to an aromatic ring is 1. The van der Waals surface area contributed by atoms with Crippen LogP contribution >= 0.6 is 11.6 Å². The van der Waals surface area contributed by atoms with Gasteiger partial charge in [-0.2, -0.15) is 5.10 Å². The number of hydrogen-bond acceptors (Lipinski definition) is 3. The van der Waals surface area contributed by atoms with Gasteiger partial charge >= 0.3 is 0 Å². The summed E-state index contributed by atoms with van der Waals surface area (Å²) in [7, 11) is 1.90. The Morgan fingerprint density at radius 1 is 1.44 bits per heavy atom. The van der Waals surface area contributed by atoms with Crippen molar-refractivity contribution in [3.05, 3.63) is 40.7 Å². The van der Waals surface area contributed by atoms with E-state index in [1.807, 2.05) is 17.8 Å². The first-order valence-electron chi connectivity index (χ1n) is 5.80. The maximum Gasteiger partial charge on any atom is 0.161 e. The largest absolute Gasteiger partial charge is 0.484 e. The van der Waals surface area contributed by atoms with E-state index in [1.54, 1.807) is 18.2 Å². The van der Waals surface area contributed by atoms with Crippen molar-refractivity contribution >= 4 is 17.3 Å². The first-order valence-corrected chi connectivity index (χ1v) is 6.18. The van der Waals surface area contributed by atoms with Crippen molar-refractivity contribution in [3.8, 4) is 5.75 Å². The molecule has 5 heteroatoms. The molecule has 0 unspecified atom stereocenters. The second-order valence-electron chi connectivity index (χ2n) is 4.05. The predicted octanol–water partition coefficient (Wildman–Crippen LogP) is 2.80. The number of hydrogen-bond donors (Lipinski definition) is 1. The molecule has 0 saturated heterocycles. The number of rotatable bonds is 4. The number of nitrogens with zero attached hydrogens (tertiary/aromatic N) is 2. The van der Waals surface area contributed by atoms with Gasteiger partial charge < -0.3 is 10.5 Å². The van der Waals surface area contributed by atoms with Crippen molar-refractivity contribution in [1.82, 2.24) is 9.78 Å². The lowest BCUT2D eigenvalue weighted by molar-refractivity contribution is 0.296. The van der Waals surface area contributed by atoms with Gasteiger partial charge in [0.1, 0.15) is 6.61 Å². The molecule has 2 aromatic rings. The molecule has 0 radical (unpaired) electrons. The Morgan fingerprint density at radius 2 is 2.22 bits per heavy atom. The van der Waals surface area contributed by atoms with E-state index in [1.165, 1.54) is 0 Å². The fraction of sp³-hybridized carbons (Fsp3) is 0.308. The Kier molecular flexibility index (Phi) is 3.77. The molecular formula is C13H16ClN3O. The topological polar surface area (TPSA) is 53.1 Å². The minimum Gasteiger partial charge on any atom is -0.484 e. The molecule has 0 aliphatic heterocycles. The van der Waals surface area contributed by atoms with Crippen molar-refractivity contribution in [1.29, 1.82) is 0 Å². The maximum absolute atomic E-state index is 6.04. The summed E-state index contributed by atoms with van der Waals surface area (Å²) in [5, 5.41) is 4.88. The van der Waals surface area contributed by atoms with Gasteiger partial charge in [-0.3, -0.25) is 4.68 Å². The molecule has 0 atom stereocenters.